The quantitative estimate of drug-likeness (QED) is 0.851. The van der Waals surface area contributed by atoms with Gasteiger partial charge >= 0.3 is 0 Å². The predicted octanol–water partition coefficient (Wildman–Crippen LogP) is 3.77. The van der Waals surface area contributed by atoms with Crippen LogP contribution < -0.4 is 10.2 Å². The molecule has 1 aliphatic heterocycles. The maximum Gasteiger partial charge on any atom is 0.227 e. The summed E-state index contributed by atoms with van der Waals surface area (Å²) in [6.45, 7) is 2.59. The number of Topliss-reactive ketones (excluding diaryl/α,β-unsaturated/α-hetero) is 1. The zero-order valence-electron chi connectivity index (χ0n) is 13.5. The lowest BCUT2D eigenvalue weighted by Gasteiger charge is -2.16. The topological polar surface area (TPSA) is 49.4 Å². The van der Waals surface area contributed by atoms with E-state index >= 15 is 0 Å². The molecule has 2 aromatic carbocycles. The van der Waals surface area contributed by atoms with E-state index in [9.17, 15) is 14.0 Å². The number of amides is 1. The SMILES string of the molecule is CC(=O)c1c(F)cccc1NCc1ccc(N2CCCC2=O)cc1. The standard InChI is InChI=1S/C19H19FN2O2/c1-13(23)19-16(20)4-2-5-17(19)21-12-14-7-9-15(10-8-14)22-11-3-6-18(22)24/h2,4-5,7-10,21H,3,6,11-12H2,1H3. The van der Waals surface area contributed by atoms with Crippen LogP contribution in [-0.4, -0.2) is 18.2 Å². The van der Waals surface area contributed by atoms with Gasteiger partial charge in [-0.2, -0.15) is 0 Å². The van der Waals surface area contributed by atoms with Gasteiger partial charge in [0.1, 0.15) is 5.82 Å². The van der Waals surface area contributed by atoms with E-state index in [1.165, 1.54) is 13.0 Å². The first kappa shape index (κ1) is 16.2. The number of carbonyl (C=O) groups is 2. The van der Waals surface area contributed by atoms with Crippen molar-refractivity contribution in [3.05, 3.63) is 59.4 Å². The fourth-order valence-electron chi connectivity index (χ4n) is 2.94. The number of nitrogens with zero attached hydrogens (tertiary/aromatic N) is 1. The van der Waals surface area contributed by atoms with Crippen LogP contribution in [0.2, 0.25) is 0 Å². The molecule has 1 heterocycles. The summed E-state index contributed by atoms with van der Waals surface area (Å²) in [7, 11) is 0. The number of nitrogens with one attached hydrogen (secondary N) is 1. The summed E-state index contributed by atoms with van der Waals surface area (Å²) in [6, 6.07) is 12.2. The lowest BCUT2D eigenvalue weighted by Crippen LogP contribution is -2.23. The van der Waals surface area contributed by atoms with Crippen LogP contribution in [0.3, 0.4) is 0 Å². The largest absolute Gasteiger partial charge is 0.380 e. The van der Waals surface area contributed by atoms with Crippen molar-refractivity contribution in [1.29, 1.82) is 0 Å². The summed E-state index contributed by atoms with van der Waals surface area (Å²) in [4.78, 5) is 25.1. The molecule has 5 heteroatoms. The lowest BCUT2D eigenvalue weighted by atomic mass is 10.1. The van der Waals surface area contributed by atoms with Crippen LogP contribution in [0.25, 0.3) is 0 Å². The number of benzene rings is 2. The minimum atomic E-state index is -0.518. The smallest absolute Gasteiger partial charge is 0.227 e. The first-order valence-electron chi connectivity index (χ1n) is 7.99. The van der Waals surface area contributed by atoms with Gasteiger partial charge in [-0.3, -0.25) is 9.59 Å². The van der Waals surface area contributed by atoms with Crippen LogP contribution in [-0.2, 0) is 11.3 Å². The van der Waals surface area contributed by atoms with E-state index in [0.717, 1.165) is 24.2 Å². The van der Waals surface area contributed by atoms with Crippen LogP contribution in [0, 0.1) is 5.82 Å². The van der Waals surface area contributed by atoms with Gasteiger partial charge in [0.05, 0.1) is 5.56 Å². The number of carbonyl (C=O) groups excluding carboxylic acids is 2. The van der Waals surface area contributed by atoms with Gasteiger partial charge in [-0.15, -0.1) is 0 Å². The molecule has 0 bridgehead atoms. The molecule has 1 aliphatic rings. The van der Waals surface area contributed by atoms with E-state index < -0.39 is 5.82 Å². The Balaban J connectivity index is 1.71. The van der Waals surface area contributed by atoms with Gasteiger partial charge < -0.3 is 10.2 Å². The van der Waals surface area contributed by atoms with Crippen LogP contribution in [0.15, 0.2) is 42.5 Å². The summed E-state index contributed by atoms with van der Waals surface area (Å²) in [5.41, 5.74) is 2.46. The third kappa shape index (κ3) is 3.30. The van der Waals surface area contributed by atoms with E-state index in [1.807, 2.05) is 24.3 Å². The molecule has 0 radical (unpaired) electrons. The van der Waals surface area contributed by atoms with Crippen LogP contribution in [0.1, 0.15) is 35.7 Å². The summed E-state index contributed by atoms with van der Waals surface area (Å²) in [5, 5.41) is 3.11. The predicted molar refractivity (Wildman–Crippen MR) is 91.8 cm³/mol. The van der Waals surface area contributed by atoms with Crippen LogP contribution in [0.5, 0.6) is 0 Å². The Labute approximate surface area is 140 Å². The number of hydrogen-bond donors (Lipinski definition) is 1. The number of halogens is 1. The molecule has 3 rings (SSSR count). The highest BCUT2D eigenvalue weighted by atomic mass is 19.1. The Morgan fingerprint density at radius 3 is 2.58 bits per heavy atom. The second-order valence-corrected chi connectivity index (χ2v) is 5.89. The minimum absolute atomic E-state index is 0.0804. The maximum atomic E-state index is 13.8. The summed E-state index contributed by atoms with van der Waals surface area (Å²) in [5.74, 6) is -0.666. The molecule has 4 nitrogen and oxygen atoms in total. The minimum Gasteiger partial charge on any atom is -0.380 e. The molecular weight excluding hydrogens is 307 g/mol. The van der Waals surface area contributed by atoms with Crippen LogP contribution >= 0.6 is 0 Å². The van der Waals surface area contributed by atoms with Gasteiger partial charge in [0.25, 0.3) is 0 Å². The first-order valence-corrected chi connectivity index (χ1v) is 7.99. The Morgan fingerprint density at radius 2 is 1.96 bits per heavy atom. The second kappa shape index (κ2) is 6.83. The van der Waals surface area contributed by atoms with Crippen molar-refractivity contribution in [1.82, 2.24) is 0 Å². The van der Waals surface area contributed by atoms with Crippen molar-refractivity contribution in [3.63, 3.8) is 0 Å². The average molecular weight is 326 g/mol. The number of rotatable bonds is 5. The van der Waals surface area contributed by atoms with Crippen LogP contribution in [0.4, 0.5) is 15.8 Å². The molecule has 1 amide bonds. The maximum absolute atomic E-state index is 13.8. The third-order valence-electron chi connectivity index (χ3n) is 4.17. The molecule has 0 spiro atoms. The van der Waals surface area contributed by atoms with E-state index in [-0.39, 0.29) is 17.3 Å². The number of ketones is 1. The summed E-state index contributed by atoms with van der Waals surface area (Å²) < 4.78 is 13.8. The van der Waals surface area contributed by atoms with E-state index in [1.54, 1.807) is 17.0 Å². The molecule has 2 aromatic rings. The normalized spacial score (nSPS) is 14.1. The van der Waals surface area contributed by atoms with Gasteiger partial charge in [0.2, 0.25) is 5.91 Å². The number of anilines is 2. The van der Waals surface area contributed by atoms with Crippen molar-refractivity contribution in [3.8, 4) is 0 Å². The molecule has 24 heavy (non-hydrogen) atoms. The Bertz CT molecular complexity index is 771. The fraction of sp³-hybridized carbons (Fsp3) is 0.263. The molecule has 0 atom stereocenters. The zero-order valence-corrected chi connectivity index (χ0v) is 13.5. The number of hydrogen-bond acceptors (Lipinski definition) is 3. The average Bonchev–Trinajstić information content (AvgIpc) is 2.99. The second-order valence-electron chi connectivity index (χ2n) is 5.89. The van der Waals surface area contributed by atoms with Crippen molar-refractivity contribution in [2.45, 2.75) is 26.3 Å². The highest BCUT2D eigenvalue weighted by molar-refractivity contribution is 5.99. The summed E-state index contributed by atoms with van der Waals surface area (Å²) in [6.07, 6.45) is 1.51. The van der Waals surface area contributed by atoms with Gasteiger partial charge in [0.15, 0.2) is 5.78 Å². The molecule has 0 aromatic heterocycles. The molecule has 124 valence electrons. The molecule has 1 fully saturated rings. The van der Waals surface area contributed by atoms with Gasteiger partial charge in [-0.05, 0) is 43.2 Å². The van der Waals surface area contributed by atoms with Gasteiger partial charge in [0, 0.05) is 30.9 Å². The van der Waals surface area contributed by atoms with Crippen molar-refractivity contribution in [2.75, 3.05) is 16.8 Å². The molecule has 0 saturated carbocycles. The molecule has 1 saturated heterocycles. The van der Waals surface area contributed by atoms with Crippen molar-refractivity contribution < 1.29 is 14.0 Å². The fourth-order valence-corrected chi connectivity index (χ4v) is 2.94. The van der Waals surface area contributed by atoms with Gasteiger partial charge in [-0.1, -0.05) is 18.2 Å². The summed E-state index contributed by atoms with van der Waals surface area (Å²) >= 11 is 0. The zero-order chi connectivity index (χ0) is 17.1. The first-order chi connectivity index (χ1) is 11.6. The monoisotopic (exact) mass is 326 g/mol. The Morgan fingerprint density at radius 1 is 1.21 bits per heavy atom. The van der Waals surface area contributed by atoms with Crippen molar-refractivity contribution in [2.24, 2.45) is 0 Å². The molecule has 1 N–H and O–H groups in total. The lowest BCUT2D eigenvalue weighted by molar-refractivity contribution is -0.117. The highest BCUT2D eigenvalue weighted by Crippen LogP contribution is 2.23. The third-order valence-corrected chi connectivity index (χ3v) is 4.17. The van der Waals surface area contributed by atoms with Gasteiger partial charge in [-0.25, -0.2) is 4.39 Å². The highest BCUT2D eigenvalue weighted by Gasteiger charge is 2.21. The van der Waals surface area contributed by atoms with Crippen molar-refractivity contribution >= 4 is 23.1 Å². The molecule has 0 aliphatic carbocycles. The Kier molecular flexibility index (Phi) is 4.60. The molecule has 0 unspecified atom stereocenters. The van der Waals surface area contributed by atoms with E-state index in [2.05, 4.69) is 5.32 Å². The van der Waals surface area contributed by atoms with E-state index in [0.29, 0.717) is 18.7 Å². The molecular formula is C19H19FN2O2. The van der Waals surface area contributed by atoms with E-state index in [4.69, 9.17) is 0 Å². The Hall–Kier alpha value is -2.69.